The zero-order chi connectivity index (χ0) is 11.2. The van der Waals surface area contributed by atoms with E-state index in [0.717, 1.165) is 0 Å². The molecule has 0 spiro atoms. The summed E-state index contributed by atoms with van der Waals surface area (Å²) >= 11 is 0. The Labute approximate surface area is 85.6 Å². The lowest BCUT2D eigenvalue weighted by Crippen LogP contribution is -2.51. The molecule has 0 aromatic heterocycles. The number of rotatable bonds is 7. The second-order valence-corrected chi connectivity index (χ2v) is 4.15. The predicted molar refractivity (Wildman–Crippen MR) is 55.4 cm³/mol. The lowest BCUT2D eigenvalue weighted by atomic mass is 9.91. The number of hydrogen-bond acceptors (Lipinski definition) is 3. The number of ether oxygens (including phenoxy) is 1. The quantitative estimate of drug-likeness (QED) is 0.609. The van der Waals surface area contributed by atoms with Crippen LogP contribution in [0.3, 0.4) is 0 Å². The average molecular weight is 203 g/mol. The predicted octanol–water partition coefficient (Wildman–Crippen LogP) is 1.11. The average Bonchev–Trinajstić information content (AvgIpc) is 2.03. The van der Waals surface area contributed by atoms with Gasteiger partial charge in [-0.1, -0.05) is 13.8 Å². The van der Waals surface area contributed by atoms with Crippen LogP contribution in [0.5, 0.6) is 0 Å². The van der Waals surface area contributed by atoms with Crippen LogP contribution in [0.4, 0.5) is 0 Å². The van der Waals surface area contributed by atoms with Crippen LogP contribution in [-0.2, 0) is 9.53 Å². The van der Waals surface area contributed by atoms with E-state index in [0.29, 0.717) is 25.5 Å². The third-order valence-electron chi connectivity index (χ3n) is 2.11. The van der Waals surface area contributed by atoms with E-state index >= 15 is 0 Å². The molecule has 0 bridgehead atoms. The second-order valence-electron chi connectivity index (χ2n) is 4.15. The zero-order valence-electron chi connectivity index (χ0n) is 9.46. The molecule has 0 saturated carbocycles. The third kappa shape index (κ3) is 4.58. The molecule has 0 aliphatic carbocycles. The fourth-order valence-electron chi connectivity index (χ4n) is 1.48. The third-order valence-corrected chi connectivity index (χ3v) is 2.11. The molecule has 0 aliphatic heterocycles. The van der Waals surface area contributed by atoms with Gasteiger partial charge in [0.2, 0.25) is 0 Å². The van der Waals surface area contributed by atoms with Gasteiger partial charge in [-0.3, -0.25) is 10.1 Å². The first-order valence-corrected chi connectivity index (χ1v) is 4.89. The summed E-state index contributed by atoms with van der Waals surface area (Å²) in [7, 11) is 1.60. The Morgan fingerprint density at radius 3 is 2.50 bits per heavy atom. The first kappa shape index (κ1) is 13.4. The highest BCUT2D eigenvalue weighted by molar-refractivity contribution is 5.78. The van der Waals surface area contributed by atoms with E-state index in [4.69, 9.17) is 9.84 Å². The number of aliphatic carboxylic acids is 1. The van der Waals surface area contributed by atoms with Gasteiger partial charge in [0.05, 0.1) is 6.61 Å². The van der Waals surface area contributed by atoms with E-state index in [1.54, 1.807) is 14.0 Å². The summed E-state index contributed by atoms with van der Waals surface area (Å²) < 4.78 is 4.87. The molecular weight excluding hydrogens is 182 g/mol. The molecule has 2 N–H and O–H groups in total. The molecular formula is C10H21NO3. The number of hydrogen-bond donors (Lipinski definition) is 2. The maximum atomic E-state index is 11.0. The molecule has 14 heavy (non-hydrogen) atoms. The van der Waals surface area contributed by atoms with Crippen molar-refractivity contribution >= 4 is 5.97 Å². The fourth-order valence-corrected chi connectivity index (χ4v) is 1.48. The van der Waals surface area contributed by atoms with Crippen LogP contribution in [0.1, 0.15) is 27.2 Å². The Bertz CT molecular complexity index is 182. The highest BCUT2D eigenvalue weighted by Crippen LogP contribution is 2.16. The van der Waals surface area contributed by atoms with Crippen molar-refractivity contribution in [1.82, 2.24) is 5.32 Å². The summed E-state index contributed by atoms with van der Waals surface area (Å²) in [6, 6.07) is 0. The van der Waals surface area contributed by atoms with Crippen molar-refractivity contribution in [3.8, 4) is 0 Å². The van der Waals surface area contributed by atoms with Gasteiger partial charge in [0, 0.05) is 13.7 Å². The minimum absolute atomic E-state index is 0.353. The maximum Gasteiger partial charge on any atom is 0.323 e. The largest absolute Gasteiger partial charge is 0.480 e. The Morgan fingerprint density at radius 1 is 1.57 bits per heavy atom. The number of nitrogens with one attached hydrogen (secondary N) is 1. The number of carboxylic acid groups (broad SMARTS) is 1. The summed E-state index contributed by atoms with van der Waals surface area (Å²) in [5.74, 6) is -0.451. The Balaban J connectivity index is 4.17. The van der Waals surface area contributed by atoms with Gasteiger partial charge < -0.3 is 9.84 Å². The Kier molecular flexibility index (Phi) is 5.72. The van der Waals surface area contributed by atoms with Gasteiger partial charge in [-0.2, -0.15) is 0 Å². The van der Waals surface area contributed by atoms with Crippen molar-refractivity contribution in [3.63, 3.8) is 0 Å². The van der Waals surface area contributed by atoms with E-state index in [2.05, 4.69) is 5.32 Å². The van der Waals surface area contributed by atoms with E-state index in [-0.39, 0.29) is 0 Å². The van der Waals surface area contributed by atoms with Crippen molar-refractivity contribution in [2.75, 3.05) is 20.3 Å². The summed E-state index contributed by atoms with van der Waals surface area (Å²) in [6.45, 7) is 6.83. The van der Waals surface area contributed by atoms with E-state index in [1.807, 2.05) is 13.8 Å². The van der Waals surface area contributed by atoms with Crippen LogP contribution in [0.25, 0.3) is 0 Å². The standard InChI is InChI=1S/C10H21NO3/c1-8(2)7-10(3,9(12)13)11-5-6-14-4/h8,11H,5-7H2,1-4H3,(H,12,13). The summed E-state index contributed by atoms with van der Waals surface area (Å²) in [5, 5.41) is 12.1. The lowest BCUT2D eigenvalue weighted by Gasteiger charge is -2.28. The molecule has 0 saturated heterocycles. The number of carboxylic acids is 1. The molecule has 0 heterocycles. The van der Waals surface area contributed by atoms with Gasteiger partial charge in [-0.25, -0.2) is 0 Å². The molecule has 0 aromatic carbocycles. The molecule has 4 nitrogen and oxygen atoms in total. The summed E-state index contributed by atoms with van der Waals surface area (Å²) in [5.41, 5.74) is -0.841. The Morgan fingerprint density at radius 2 is 2.14 bits per heavy atom. The highest BCUT2D eigenvalue weighted by atomic mass is 16.5. The minimum Gasteiger partial charge on any atom is -0.480 e. The number of methoxy groups -OCH3 is 1. The first-order valence-electron chi connectivity index (χ1n) is 4.89. The van der Waals surface area contributed by atoms with Gasteiger partial charge in [0.1, 0.15) is 5.54 Å². The van der Waals surface area contributed by atoms with Crippen molar-refractivity contribution < 1.29 is 14.6 Å². The van der Waals surface area contributed by atoms with Crippen molar-refractivity contribution in [1.29, 1.82) is 0 Å². The van der Waals surface area contributed by atoms with Gasteiger partial charge in [-0.05, 0) is 19.3 Å². The molecule has 0 aliphatic rings. The highest BCUT2D eigenvalue weighted by Gasteiger charge is 2.32. The maximum absolute atomic E-state index is 11.0. The number of carbonyl (C=O) groups is 1. The SMILES string of the molecule is COCCNC(C)(CC(C)C)C(=O)O. The van der Waals surface area contributed by atoms with Gasteiger partial charge in [0.25, 0.3) is 0 Å². The van der Waals surface area contributed by atoms with Crippen LogP contribution in [0, 0.1) is 5.92 Å². The Hall–Kier alpha value is -0.610. The fraction of sp³-hybridized carbons (Fsp3) is 0.900. The van der Waals surface area contributed by atoms with Crippen LogP contribution < -0.4 is 5.32 Å². The van der Waals surface area contributed by atoms with Crippen molar-refractivity contribution in [2.45, 2.75) is 32.7 Å². The lowest BCUT2D eigenvalue weighted by molar-refractivity contribution is -0.145. The molecule has 4 heteroatoms. The molecule has 0 rings (SSSR count). The zero-order valence-corrected chi connectivity index (χ0v) is 9.46. The van der Waals surface area contributed by atoms with Crippen LogP contribution in [-0.4, -0.2) is 36.9 Å². The first-order chi connectivity index (χ1) is 6.42. The second kappa shape index (κ2) is 5.98. The monoisotopic (exact) mass is 203 g/mol. The molecule has 0 radical (unpaired) electrons. The van der Waals surface area contributed by atoms with E-state index < -0.39 is 11.5 Å². The summed E-state index contributed by atoms with van der Waals surface area (Å²) in [4.78, 5) is 11.0. The molecule has 0 amide bonds. The van der Waals surface area contributed by atoms with Crippen molar-refractivity contribution in [2.24, 2.45) is 5.92 Å². The summed E-state index contributed by atoms with van der Waals surface area (Å²) in [6.07, 6.45) is 0.617. The van der Waals surface area contributed by atoms with E-state index in [9.17, 15) is 4.79 Å². The van der Waals surface area contributed by atoms with Crippen LogP contribution in [0.15, 0.2) is 0 Å². The van der Waals surface area contributed by atoms with Crippen LogP contribution >= 0.6 is 0 Å². The molecule has 84 valence electrons. The minimum atomic E-state index is -0.841. The molecule has 1 unspecified atom stereocenters. The van der Waals surface area contributed by atoms with Gasteiger partial charge in [0.15, 0.2) is 0 Å². The normalized spacial score (nSPS) is 15.5. The topological polar surface area (TPSA) is 58.6 Å². The smallest absolute Gasteiger partial charge is 0.323 e. The van der Waals surface area contributed by atoms with E-state index in [1.165, 1.54) is 0 Å². The molecule has 0 fully saturated rings. The van der Waals surface area contributed by atoms with Gasteiger partial charge in [-0.15, -0.1) is 0 Å². The molecule has 0 aromatic rings. The van der Waals surface area contributed by atoms with Crippen LogP contribution in [0.2, 0.25) is 0 Å². The van der Waals surface area contributed by atoms with Gasteiger partial charge >= 0.3 is 5.97 Å². The van der Waals surface area contributed by atoms with Crippen molar-refractivity contribution in [3.05, 3.63) is 0 Å². The molecule has 1 atom stereocenters.